The van der Waals surface area contributed by atoms with Crippen molar-refractivity contribution in [3.05, 3.63) is 93.2 Å². The molecular formula is C25H17ClN2O4S. The molecule has 33 heavy (non-hydrogen) atoms. The van der Waals surface area contributed by atoms with E-state index in [1.165, 1.54) is 11.8 Å². The Morgan fingerprint density at radius 1 is 1.00 bits per heavy atom. The van der Waals surface area contributed by atoms with Crippen LogP contribution in [-0.2, 0) is 12.3 Å². The number of halogens is 1. The van der Waals surface area contributed by atoms with Gasteiger partial charge in [-0.05, 0) is 41.5 Å². The van der Waals surface area contributed by atoms with Gasteiger partial charge in [0.1, 0.15) is 11.1 Å². The van der Waals surface area contributed by atoms with Crippen LogP contribution in [0.3, 0.4) is 0 Å². The van der Waals surface area contributed by atoms with Gasteiger partial charge in [-0.15, -0.1) is 0 Å². The molecule has 2 aromatic heterocycles. The highest BCUT2D eigenvalue weighted by Crippen LogP contribution is 2.34. The standard InChI is InChI=1S/C25H17ClN2O4S/c26-18-7-3-1-5-16(18)13-33-25-27-22-17-6-2-4-8-19(17)32-23(22)24(29)28(25)12-15-9-10-20-21(11-15)31-14-30-20/h1-11H,12-14H2. The fraction of sp³-hybridized carbons (Fsp3) is 0.120. The van der Waals surface area contributed by atoms with Gasteiger partial charge in [-0.2, -0.15) is 0 Å². The zero-order chi connectivity index (χ0) is 22.4. The van der Waals surface area contributed by atoms with Crippen molar-refractivity contribution in [1.82, 2.24) is 9.55 Å². The van der Waals surface area contributed by atoms with E-state index in [4.69, 9.17) is 30.5 Å². The van der Waals surface area contributed by atoms with E-state index in [0.29, 0.717) is 45.1 Å². The van der Waals surface area contributed by atoms with Gasteiger partial charge in [0.25, 0.3) is 5.56 Å². The van der Waals surface area contributed by atoms with Crippen LogP contribution in [-0.4, -0.2) is 16.3 Å². The molecular weight excluding hydrogens is 460 g/mol. The minimum atomic E-state index is -0.226. The van der Waals surface area contributed by atoms with E-state index in [-0.39, 0.29) is 17.9 Å². The third kappa shape index (κ3) is 3.63. The lowest BCUT2D eigenvalue weighted by Crippen LogP contribution is -2.23. The molecule has 5 aromatic rings. The number of nitrogens with zero attached hydrogens (tertiary/aromatic N) is 2. The molecule has 0 aliphatic carbocycles. The van der Waals surface area contributed by atoms with Gasteiger partial charge in [0.15, 0.2) is 16.7 Å². The van der Waals surface area contributed by atoms with Crippen molar-refractivity contribution < 1.29 is 13.9 Å². The molecule has 0 saturated heterocycles. The number of hydrogen-bond acceptors (Lipinski definition) is 6. The quantitative estimate of drug-likeness (QED) is 0.233. The predicted molar refractivity (Wildman–Crippen MR) is 128 cm³/mol. The van der Waals surface area contributed by atoms with E-state index in [0.717, 1.165) is 16.5 Å². The van der Waals surface area contributed by atoms with Crippen LogP contribution in [0.4, 0.5) is 0 Å². The Labute approximate surface area is 197 Å². The first-order valence-electron chi connectivity index (χ1n) is 10.3. The van der Waals surface area contributed by atoms with Crippen molar-refractivity contribution >= 4 is 45.4 Å². The van der Waals surface area contributed by atoms with Crippen LogP contribution < -0.4 is 15.0 Å². The fourth-order valence-electron chi connectivity index (χ4n) is 3.88. The Morgan fingerprint density at radius 3 is 2.73 bits per heavy atom. The van der Waals surface area contributed by atoms with Crippen LogP contribution >= 0.6 is 23.4 Å². The number of furan rings is 1. The average Bonchev–Trinajstić information content (AvgIpc) is 3.45. The zero-order valence-corrected chi connectivity index (χ0v) is 18.9. The van der Waals surface area contributed by atoms with Crippen molar-refractivity contribution in [2.45, 2.75) is 17.5 Å². The zero-order valence-electron chi connectivity index (χ0n) is 17.3. The number of benzene rings is 3. The lowest BCUT2D eigenvalue weighted by molar-refractivity contribution is 0.174. The molecule has 3 heterocycles. The number of hydrogen-bond donors (Lipinski definition) is 0. The molecule has 0 bridgehead atoms. The van der Waals surface area contributed by atoms with Crippen LogP contribution in [0.2, 0.25) is 5.02 Å². The number of para-hydroxylation sites is 1. The van der Waals surface area contributed by atoms with Gasteiger partial charge >= 0.3 is 0 Å². The molecule has 3 aromatic carbocycles. The Hall–Kier alpha value is -3.42. The maximum Gasteiger partial charge on any atom is 0.298 e. The van der Waals surface area contributed by atoms with E-state index in [2.05, 4.69) is 0 Å². The Balaban J connectivity index is 1.47. The molecule has 164 valence electrons. The third-order valence-electron chi connectivity index (χ3n) is 5.54. The van der Waals surface area contributed by atoms with E-state index in [1.807, 2.05) is 66.7 Å². The lowest BCUT2D eigenvalue weighted by atomic mass is 10.2. The SMILES string of the molecule is O=c1c2oc3ccccc3c2nc(SCc2ccccc2Cl)n1Cc1ccc2c(c1)OCO2. The summed E-state index contributed by atoms with van der Waals surface area (Å²) in [5, 5.41) is 2.10. The van der Waals surface area contributed by atoms with E-state index >= 15 is 0 Å². The summed E-state index contributed by atoms with van der Waals surface area (Å²) in [5.41, 5.74) is 3.11. The van der Waals surface area contributed by atoms with Gasteiger partial charge in [-0.3, -0.25) is 9.36 Å². The second-order valence-electron chi connectivity index (χ2n) is 7.63. The summed E-state index contributed by atoms with van der Waals surface area (Å²) in [7, 11) is 0. The number of fused-ring (bicyclic) bond motifs is 4. The second kappa shape index (κ2) is 8.17. The maximum absolute atomic E-state index is 13.6. The summed E-state index contributed by atoms with van der Waals surface area (Å²) in [4.78, 5) is 18.4. The highest BCUT2D eigenvalue weighted by atomic mass is 35.5. The maximum atomic E-state index is 13.6. The Morgan fingerprint density at radius 2 is 1.82 bits per heavy atom. The molecule has 0 unspecified atom stereocenters. The van der Waals surface area contributed by atoms with E-state index in [1.54, 1.807) is 4.57 Å². The third-order valence-corrected chi connectivity index (χ3v) is 6.93. The molecule has 0 spiro atoms. The lowest BCUT2D eigenvalue weighted by Gasteiger charge is -2.12. The topological polar surface area (TPSA) is 66.5 Å². The van der Waals surface area contributed by atoms with Crippen LogP contribution in [0.15, 0.2) is 81.1 Å². The molecule has 0 amide bonds. The molecule has 8 heteroatoms. The molecule has 0 N–H and O–H groups in total. The molecule has 0 radical (unpaired) electrons. The molecule has 1 aliphatic rings. The van der Waals surface area contributed by atoms with Crippen LogP contribution in [0.25, 0.3) is 22.1 Å². The first-order valence-corrected chi connectivity index (χ1v) is 11.7. The van der Waals surface area contributed by atoms with Gasteiger partial charge in [0.05, 0.1) is 6.54 Å². The molecule has 1 aliphatic heterocycles. The van der Waals surface area contributed by atoms with Gasteiger partial charge in [-0.1, -0.05) is 59.8 Å². The summed E-state index contributed by atoms with van der Waals surface area (Å²) >= 11 is 7.83. The van der Waals surface area contributed by atoms with Gasteiger partial charge < -0.3 is 13.9 Å². The normalized spacial score (nSPS) is 12.6. The summed E-state index contributed by atoms with van der Waals surface area (Å²) in [6.45, 7) is 0.518. The fourth-order valence-corrected chi connectivity index (χ4v) is 5.16. The summed E-state index contributed by atoms with van der Waals surface area (Å²) in [6, 6.07) is 20.9. The molecule has 6 rings (SSSR count). The van der Waals surface area contributed by atoms with Crippen molar-refractivity contribution in [3.8, 4) is 11.5 Å². The average molecular weight is 477 g/mol. The van der Waals surface area contributed by atoms with Crippen molar-refractivity contribution in [1.29, 1.82) is 0 Å². The number of thioether (sulfide) groups is 1. The number of rotatable bonds is 5. The number of aromatic nitrogens is 2. The molecule has 6 nitrogen and oxygen atoms in total. The van der Waals surface area contributed by atoms with Gasteiger partial charge in [0.2, 0.25) is 12.4 Å². The van der Waals surface area contributed by atoms with Crippen LogP contribution in [0, 0.1) is 0 Å². The van der Waals surface area contributed by atoms with E-state index in [9.17, 15) is 4.79 Å². The largest absolute Gasteiger partial charge is 0.454 e. The summed E-state index contributed by atoms with van der Waals surface area (Å²) in [6.07, 6.45) is 0. The van der Waals surface area contributed by atoms with Crippen molar-refractivity contribution in [2.75, 3.05) is 6.79 Å². The summed E-state index contributed by atoms with van der Waals surface area (Å²) < 4.78 is 18.5. The van der Waals surface area contributed by atoms with Gasteiger partial charge in [0, 0.05) is 16.2 Å². The highest BCUT2D eigenvalue weighted by molar-refractivity contribution is 7.98. The van der Waals surface area contributed by atoms with Crippen molar-refractivity contribution in [2.24, 2.45) is 0 Å². The first kappa shape index (κ1) is 20.2. The van der Waals surface area contributed by atoms with Crippen LogP contribution in [0.5, 0.6) is 11.5 Å². The van der Waals surface area contributed by atoms with E-state index < -0.39 is 0 Å². The smallest absolute Gasteiger partial charge is 0.298 e. The summed E-state index contributed by atoms with van der Waals surface area (Å²) in [5.74, 6) is 1.95. The molecule has 0 saturated carbocycles. The highest BCUT2D eigenvalue weighted by Gasteiger charge is 2.20. The minimum absolute atomic E-state index is 0.199. The predicted octanol–water partition coefficient (Wildman–Crippen LogP) is 5.87. The van der Waals surface area contributed by atoms with Crippen LogP contribution in [0.1, 0.15) is 11.1 Å². The monoisotopic (exact) mass is 476 g/mol. The molecule has 0 fully saturated rings. The number of ether oxygens (including phenoxy) is 2. The van der Waals surface area contributed by atoms with Gasteiger partial charge in [-0.25, -0.2) is 4.98 Å². The Kier molecular flexibility index (Phi) is 5.00. The minimum Gasteiger partial charge on any atom is -0.454 e. The molecule has 0 atom stereocenters. The first-order chi connectivity index (χ1) is 16.2. The van der Waals surface area contributed by atoms with Crippen molar-refractivity contribution in [3.63, 3.8) is 0 Å². The second-order valence-corrected chi connectivity index (χ2v) is 8.98. The Bertz CT molecular complexity index is 1580.